The van der Waals surface area contributed by atoms with Gasteiger partial charge in [-0.3, -0.25) is 14.4 Å². The van der Waals surface area contributed by atoms with Crippen LogP contribution >= 0.6 is 11.3 Å². The summed E-state index contributed by atoms with van der Waals surface area (Å²) in [5.74, 6) is 0.946. The van der Waals surface area contributed by atoms with Gasteiger partial charge in [0.25, 0.3) is 5.91 Å². The normalized spacial score (nSPS) is 15.9. The van der Waals surface area contributed by atoms with Crippen LogP contribution in [0.3, 0.4) is 0 Å². The number of hydrogen-bond acceptors (Lipinski definition) is 7. The average molecular weight is 473 g/mol. The zero-order valence-electron chi connectivity index (χ0n) is 18.8. The van der Waals surface area contributed by atoms with Gasteiger partial charge in [-0.2, -0.15) is 0 Å². The zero-order valence-corrected chi connectivity index (χ0v) is 19.7. The number of anilines is 1. The first-order valence-electron chi connectivity index (χ1n) is 11.1. The second-order valence-corrected chi connectivity index (χ2v) is 9.45. The second kappa shape index (κ2) is 10.4. The number of nitrogens with one attached hydrogen (secondary N) is 1. The monoisotopic (exact) mass is 472 g/mol. The average Bonchev–Trinajstić information content (AvgIpc) is 3.27. The van der Waals surface area contributed by atoms with Crippen LogP contribution in [0.15, 0.2) is 24.3 Å². The number of hydrogen-bond donors (Lipinski definition) is 1. The van der Waals surface area contributed by atoms with Crippen molar-refractivity contribution in [3.63, 3.8) is 0 Å². The number of rotatable bonds is 7. The summed E-state index contributed by atoms with van der Waals surface area (Å²) in [6.07, 6.45) is 1.86. The fourth-order valence-electron chi connectivity index (χ4n) is 4.16. The van der Waals surface area contributed by atoms with E-state index in [-0.39, 0.29) is 23.5 Å². The van der Waals surface area contributed by atoms with Crippen LogP contribution in [-0.4, -0.2) is 55.9 Å². The summed E-state index contributed by atoms with van der Waals surface area (Å²) in [4.78, 5) is 41.2. The lowest BCUT2D eigenvalue weighted by Crippen LogP contribution is -2.38. The molecule has 1 aromatic heterocycles. The Morgan fingerprint density at radius 1 is 1.12 bits per heavy atom. The largest absolute Gasteiger partial charge is 0.486 e. The summed E-state index contributed by atoms with van der Waals surface area (Å²) in [6.45, 7) is 4.06. The quantitative estimate of drug-likeness (QED) is 0.617. The predicted octanol–water partition coefficient (Wildman–Crippen LogP) is 3.75. The Kier molecular flexibility index (Phi) is 7.29. The van der Waals surface area contributed by atoms with Crippen molar-refractivity contribution in [2.24, 2.45) is 5.92 Å². The standard InChI is InChI=1S/C24H28N2O6S/c1-15(27)18-12-20-21(32-10-9-31-20)13-19(18)25-23(28)11-16-5-7-26(8-6-16)24(29)22-4-3-17(33-22)14-30-2/h3-4,12-13,16H,5-11,14H2,1-2H3,(H,25,28). The molecule has 4 rings (SSSR count). The molecule has 33 heavy (non-hydrogen) atoms. The van der Waals surface area contributed by atoms with Crippen LogP contribution in [0.5, 0.6) is 11.5 Å². The molecule has 2 aliphatic rings. The molecule has 0 bridgehead atoms. The van der Waals surface area contributed by atoms with Crippen LogP contribution < -0.4 is 14.8 Å². The number of fused-ring (bicyclic) bond motifs is 1. The van der Waals surface area contributed by atoms with Crippen LogP contribution in [0.2, 0.25) is 0 Å². The minimum absolute atomic E-state index is 0.0348. The first kappa shape index (κ1) is 23.3. The van der Waals surface area contributed by atoms with E-state index in [1.807, 2.05) is 17.0 Å². The van der Waals surface area contributed by atoms with E-state index in [4.69, 9.17) is 14.2 Å². The summed E-state index contributed by atoms with van der Waals surface area (Å²) >= 11 is 1.46. The van der Waals surface area contributed by atoms with E-state index in [9.17, 15) is 14.4 Å². The van der Waals surface area contributed by atoms with Gasteiger partial charge in [0, 0.05) is 43.1 Å². The maximum absolute atomic E-state index is 12.8. The Balaban J connectivity index is 1.32. The molecule has 0 spiro atoms. The maximum atomic E-state index is 12.8. The topological polar surface area (TPSA) is 94.2 Å². The van der Waals surface area contributed by atoms with Crippen LogP contribution in [0.4, 0.5) is 5.69 Å². The molecule has 0 aliphatic carbocycles. The SMILES string of the molecule is COCc1ccc(C(=O)N2CCC(CC(=O)Nc3cc4c(cc3C(C)=O)OCCO4)CC2)s1. The number of ether oxygens (including phenoxy) is 3. The predicted molar refractivity (Wildman–Crippen MR) is 124 cm³/mol. The molecule has 1 fully saturated rings. The molecule has 0 unspecified atom stereocenters. The molecule has 0 radical (unpaired) electrons. The number of methoxy groups -OCH3 is 1. The molecule has 9 heteroatoms. The van der Waals surface area contributed by atoms with E-state index < -0.39 is 0 Å². The Bertz CT molecular complexity index is 1040. The highest BCUT2D eigenvalue weighted by atomic mass is 32.1. The molecule has 1 N–H and O–H groups in total. The third kappa shape index (κ3) is 5.54. The number of benzene rings is 1. The fourth-order valence-corrected chi connectivity index (χ4v) is 5.10. The zero-order chi connectivity index (χ0) is 23.4. The second-order valence-electron chi connectivity index (χ2n) is 8.28. The molecule has 176 valence electrons. The summed E-state index contributed by atoms with van der Waals surface area (Å²) < 4.78 is 16.3. The Morgan fingerprint density at radius 2 is 1.82 bits per heavy atom. The molecule has 1 saturated heterocycles. The molecule has 3 heterocycles. The number of likely N-dealkylation sites (tertiary alicyclic amines) is 1. The van der Waals surface area contributed by atoms with Gasteiger partial charge >= 0.3 is 0 Å². The van der Waals surface area contributed by atoms with Gasteiger partial charge in [-0.25, -0.2) is 0 Å². The molecule has 2 amide bonds. The Hall–Kier alpha value is -2.91. The van der Waals surface area contributed by atoms with E-state index in [1.54, 1.807) is 19.2 Å². The van der Waals surface area contributed by atoms with Gasteiger partial charge in [0.05, 0.1) is 17.2 Å². The lowest BCUT2D eigenvalue weighted by Gasteiger charge is -2.31. The lowest BCUT2D eigenvalue weighted by atomic mass is 9.93. The van der Waals surface area contributed by atoms with Crippen LogP contribution in [0.25, 0.3) is 0 Å². The highest BCUT2D eigenvalue weighted by Gasteiger charge is 2.27. The minimum Gasteiger partial charge on any atom is -0.486 e. The van der Waals surface area contributed by atoms with Gasteiger partial charge < -0.3 is 24.4 Å². The third-order valence-corrected chi connectivity index (χ3v) is 6.92. The van der Waals surface area contributed by atoms with E-state index >= 15 is 0 Å². The first-order chi connectivity index (χ1) is 15.9. The number of thiophene rings is 1. The van der Waals surface area contributed by atoms with Gasteiger partial charge in [0.15, 0.2) is 17.3 Å². The molecule has 1 aromatic carbocycles. The van der Waals surface area contributed by atoms with Crippen molar-refractivity contribution in [1.29, 1.82) is 0 Å². The van der Waals surface area contributed by atoms with E-state index in [0.717, 1.165) is 17.7 Å². The Morgan fingerprint density at radius 3 is 2.48 bits per heavy atom. The van der Waals surface area contributed by atoms with Crippen molar-refractivity contribution < 1.29 is 28.6 Å². The summed E-state index contributed by atoms with van der Waals surface area (Å²) in [6, 6.07) is 7.05. The smallest absolute Gasteiger partial charge is 0.263 e. The molecular weight excluding hydrogens is 444 g/mol. The van der Waals surface area contributed by atoms with Gasteiger partial charge in [0.2, 0.25) is 5.91 Å². The molecule has 2 aliphatic heterocycles. The number of Topliss-reactive ketones (excluding diaryl/α,β-unsaturated/α-hetero) is 1. The van der Waals surface area contributed by atoms with Crippen molar-refractivity contribution in [3.8, 4) is 11.5 Å². The number of ketones is 1. The number of piperidine rings is 1. The van der Waals surface area contributed by atoms with Crippen LogP contribution in [0, 0.1) is 5.92 Å². The van der Waals surface area contributed by atoms with Gasteiger partial charge in [-0.05, 0) is 43.9 Å². The van der Waals surface area contributed by atoms with Gasteiger partial charge in [-0.1, -0.05) is 0 Å². The highest BCUT2D eigenvalue weighted by Crippen LogP contribution is 2.36. The van der Waals surface area contributed by atoms with Crippen LogP contribution in [0.1, 0.15) is 51.1 Å². The minimum atomic E-state index is -0.156. The lowest BCUT2D eigenvalue weighted by molar-refractivity contribution is -0.117. The maximum Gasteiger partial charge on any atom is 0.263 e. The summed E-state index contributed by atoms with van der Waals surface area (Å²) in [5, 5.41) is 2.88. The third-order valence-electron chi connectivity index (χ3n) is 5.87. The first-order valence-corrected chi connectivity index (χ1v) is 11.9. The number of amides is 2. The number of carbonyl (C=O) groups is 3. The number of carbonyl (C=O) groups excluding carboxylic acids is 3. The van der Waals surface area contributed by atoms with Crippen molar-refractivity contribution in [1.82, 2.24) is 4.90 Å². The Labute approximate surface area is 196 Å². The summed E-state index contributed by atoms with van der Waals surface area (Å²) in [5.41, 5.74) is 0.839. The highest BCUT2D eigenvalue weighted by molar-refractivity contribution is 7.14. The van der Waals surface area contributed by atoms with Crippen LogP contribution in [-0.2, 0) is 16.1 Å². The van der Waals surface area contributed by atoms with Gasteiger partial charge in [0.1, 0.15) is 13.2 Å². The molecular formula is C24H28N2O6S. The summed E-state index contributed by atoms with van der Waals surface area (Å²) in [7, 11) is 1.64. The van der Waals surface area contributed by atoms with Crippen molar-refractivity contribution >= 4 is 34.6 Å². The van der Waals surface area contributed by atoms with E-state index in [0.29, 0.717) is 67.0 Å². The van der Waals surface area contributed by atoms with Crippen molar-refractivity contribution in [2.75, 3.05) is 38.7 Å². The van der Waals surface area contributed by atoms with Gasteiger partial charge in [-0.15, -0.1) is 11.3 Å². The van der Waals surface area contributed by atoms with Crippen molar-refractivity contribution in [3.05, 3.63) is 39.6 Å². The molecule has 0 atom stereocenters. The van der Waals surface area contributed by atoms with Crippen molar-refractivity contribution in [2.45, 2.75) is 32.8 Å². The van der Waals surface area contributed by atoms with E-state index in [1.165, 1.54) is 18.3 Å². The molecule has 0 saturated carbocycles. The molecule has 8 nitrogen and oxygen atoms in total. The molecule has 2 aromatic rings. The fraction of sp³-hybridized carbons (Fsp3) is 0.458. The number of nitrogens with zero attached hydrogens (tertiary/aromatic N) is 1. The van der Waals surface area contributed by atoms with E-state index in [2.05, 4.69) is 5.32 Å².